The minimum absolute atomic E-state index is 0.203. The lowest BCUT2D eigenvalue weighted by Gasteiger charge is -2.18. The Hall–Kier alpha value is 0.340. The molecule has 0 aliphatic rings. The molecular formula is C15H15I3NO5P. The van der Waals surface area contributed by atoms with Crippen LogP contribution in [0.4, 0.5) is 0 Å². The van der Waals surface area contributed by atoms with Gasteiger partial charge in [0, 0.05) is 0 Å². The zero-order valence-corrected chi connectivity index (χ0v) is 20.3. The van der Waals surface area contributed by atoms with Gasteiger partial charge in [0.25, 0.3) is 0 Å². The lowest BCUT2D eigenvalue weighted by molar-refractivity contribution is 0.399. The summed E-state index contributed by atoms with van der Waals surface area (Å²) in [7, 11) is -3.83. The maximum Gasteiger partial charge on any atom is 0.354 e. The van der Waals surface area contributed by atoms with Gasteiger partial charge in [0.15, 0.2) is 0 Å². The van der Waals surface area contributed by atoms with E-state index < -0.39 is 13.4 Å². The SMILES string of the molecule is Cc1cc(CC(N)P(=O)(O)OI)cc(I)c1Oc1ccc(O)c(I)c1. The molecule has 0 spiro atoms. The first kappa shape index (κ1) is 21.6. The van der Waals surface area contributed by atoms with Crippen LogP contribution in [0.1, 0.15) is 11.1 Å². The second-order valence-corrected chi connectivity index (χ2v) is 10.8. The van der Waals surface area contributed by atoms with E-state index in [0.717, 1.165) is 14.7 Å². The molecule has 0 fully saturated rings. The number of halogens is 3. The Morgan fingerprint density at radius 3 is 2.48 bits per heavy atom. The molecular weight excluding hydrogens is 686 g/mol. The Morgan fingerprint density at radius 1 is 1.24 bits per heavy atom. The summed E-state index contributed by atoms with van der Waals surface area (Å²) >= 11 is 5.57. The molecule has 2 aromatic carbocycles. The summed E-state index contributed by atoms with van der Waals surface area (Å²) in [6, 6.07) is 8.75. The van der Waals surface area contributed by atoms with E-state index in [2.05, 4.69) is 25.4 Å². The molecule has 0 heterocycles. The number of rotatable bonds is 6. The lowest BCUT2D eigenvalue weighted by Crippen LogP contribution is -2.23. The van der Waals surface area contributed by atoms with Crippen molar-refractivity contribution in [1.82, 2.24) is 0 Å². The standard InChI is InChI=1S/C15H15I3NO5P/c1-8-4-9(6-14(19)25(21,22)24-18)5-12(17)15(8)23-10-2-3-13(20)11(16)7-10/h2-5,7,14,20H,6,19H2,1H3,(H,21,22). The molecule has 0 aromatic heterocycles. The fraction of sp³-hybridized carbons (Fsp3) is 0.200. The highest BCUT2D eigenvalue weighted by Gasteiger charge is 2.29. The van der Waals surface area contributed by atoms with E-state index in [0.29, 0.717) is 15.1 Å². The van der Waals surface area contributed by atoms with E-state index in [9.17, 15) is 14.6 Å². The number of nitrogens with two attached hydrogens (primary N) is 1. The van der Waals surface area contributed by atoms with Crippen molar-refractivity contribution >= 4 is 75.8 Å². The predicted molar refractivity (Wildman–Crippen MR) is 121 cm³/mol. The molecule has 2 rings (SSSR count). The second-order valence-electron chi connectivity index (χ2n) is 5.34. The van der Waals surface area contributed by atoms with Crippen LogP contribution in [0.3, 0.4) is 0 Å². The Kier molecular flexibility index (Phi) is 7.81. The van der Waals surface area contributed by atoms with Gasteiger partial charge >= 0.3 is 7.60 Å². The predicted octanol–water partition coefficient (Wildman–Crippen LogP) is 5.08. The average molecular weight is 701 g/mol. The van der Waals surface area contributed by atoms with Crippen LogP contribution in [0.2, 0.25) is 0 Å². The number of aryl methyl sites for hydroxylation is 1. The van der Waals surface area contributed by atoms with Gasteiger partial charge in [0.2, 0.25) is 0 Å². The monoisotopic (exact) mass is 701 g/mol. The van der Waals surface area contributed by atoms with Gasteiger partial charge in [-0.1, -0.05) is 6.07 Å². The third-order valence-electron chi connectivity index (χ3n) is 3.39. The second kappa shape index (κ2) is 9.02. The Morgan fingerprint density at radius 2 is 1.92 bits per heavy atom. The zero-order valence-electron chi connectivity index (χ0n) is 12.9. The molecule has 0 aliphatic carbocycles. The van der Waals surface area contributed by atoms with Crippen LogP contribution in [0.15, 0.2) is 30.3 Å². The summed E-state index contributed by atoms with van der Waals surface area (Å²) in [5, 5.41) is 9.59. The lowest BCUT2D eigenvalue weighted by atomic mass is 10.1. The number of hydrogen-bond donors (Lipinski definition) is 3. The van der Waals surface area contributed by atoms with Crippen LogP contribution in [0.25, 0.3) is 0 Å². The topological polar surface area (TPSA) is 102 Å². The molecule has 10 heteroatoms. The number of phenols is 1. The highest BCUT2D eigenvalue weighted by Crippen LogP contribution is 2.48. The molecule has 2 unspecified atom stereocenters. The minimum Gasteiger partial charge on any atom is -0.507 e. The Balaban J connectivity index is 2.25. The van der Waals surface area contributed by atoms with Gasteiger partial charge in [-0.3, -0.25) is 4.57 Å². The van der Waals surface area contributed by atoms with Gasteiger partial charge in [-0.2, -0.15) is 0 Å². The summed E-state index contributed by atoms with van der Waals surface area (Å²) in [6.45, 7) is 1.89. The molecule has 2 aromatic rings. The molecule has 4 N–H and O–H groups in total. The van der Waals surface area contributed by atoms with Crippen molar-refractivity contribution < 1.29 is 22.2 Å². The van der Waals surface area contributed by atoms with E-state index in [1.165, 1.54) is 23.0 Å². The van der Waals surface area contributed by atoms with E-state index in [1.54, 1.807) is 18.2 Å². The number of ether oxygens (including phenoxy) is 1. The summed E-state index contributed by atoms with van der Waals surface area (Å²) in [6.07, 6.45) is 0.213. The van der Waals surface area contributed by atoms with Gasteiger partial charge in [0.1, 0.15) is 46.0 Å². The molecule has 0 saturated carbocycles. The highest BCUT2D eigenvalue weighted by molar-refractivity contribution is 14.1. The van der Waals surface area contributed by atoms with Crippen molar-refractivity contribution in [3.8, 4) is 17.2 Å². The van der Waals surface area contributed by atoms with Gasteiger partial charge in [0.05, 0.1) is 7.14 Å². The third-order valence-corrected chi connectivity index (χ3v) is 7.97. The summed E-state index contributed by atoms with van der Waals surface area (Å²) < 4.78 is 23.8. The van der Waals surface area contributed by atoms with E-state index in [4.69, 9.17) is 10.5 Å². The van der Waals surface area contributed by atoms with Crippen LogP contribution >= 0.6 is 75.8 Å². The molecule has 0 amide bonds. The van der Waals surface area contributed by atoms with E-state index in [-0.39, 0.29) is 12.2 Å². The first-order valence-electron chi connectivity index (χ1n) is 6.98. The Labute approximate surface area is 187 Å². The van der Waals surface area contributed by atoms with Crippen molar-refractivity contribution in [3.05, 3.63) is 48.6 Å². The van der Waals surface area contributed by atoms with Crippen molar-refractivity contribution in [1.29, 1.82) is 0 Å². The Bertz CT molecular complexity index is 810. The van der Waals surface area contributed by atoms with E-state index in [1.807, 2.05) is 41.6 Å². The molecule has 25 heavy (non-hydrogen) atoms. The molecule has 0 saturated heterocycles. The summed E-state index contributed by atoms with van der Waals surface area (Å²) in [5.41, 5.74) is 7.48. The van der Waals surface area contributed by atoms with E-state index >= 15 is 0 Å². The number of aromatic hydroxyl groups is 1. The molecule has 2 atom stereocenters. The van der Waals surface area contributed by atoms with Crippen LogP contribution in [-0.2, 0) is 13.8 Å². The average Bonchev–Trinajstić information content (AvgIpc) is 2.54. The molecule has 136 valence electrons. The quantitative estimate of drug-likeness (QED) is 0.287. The van der Waals surface area contributed by atoms with Crippen LogP contribution in [0, 0.1) is 14.1 Å². The minimum atomic E-state index is -3.83. The fourth-order valence-electron chi connectivity index (χ4n) is 2.13. The van der Waals surface area contributed by atoms with Gasteiger partial charge in [-0.25, -0.2) is 2.85 Å². The summed E-state index contributed by atoms with van der Waals surface area (Å²) in [5.74, 6) is 0.516. The smallest absolute Gasteiger partial charge is 0.354 e. The molecule has 0 radical (unpaired) electrons. The maximum atomic E-state index is 11.8. The fourth-order valence-corrected chi connectivity index (χ4v) is 4.97. The van der Waals surface area contributed by atoms with Crippen molar-refractivity contribution in [2.75, 3.05) is 0 Å². The van der Waals surface area contributed by atoms with Crippen molar-refractivity contribution in [2.24, 2.45) is 5.73 Å². The number of benzene rings is 2. The van der Waals surface area contributed by atoms with Gasteiger partial charge in [-0.15, -0.1) is 0 Å². The first-order chi connectivity index (χ1) is 11.6. The molecule has 0 aliphatic heterocycles. The zero-order chi connectivity index (χ0) is 18.8. The third kappa shape index (κ3) is 5.66. The van der Waals surface area contributed by atoms with Crippen molar-refractivity contribution in [2.45, 2.75) is 19.1 Å². The van der Waals surface area contributed by atoms with Crippen LogP contribution < -0.4 is 10.5 Å². The van der Waals surface area contributed by atoms with Gasteiger partial charge in [-0.05, 0) is 93.9 Å². The number of phenolic OH excluding ortho intramolecular Hbond substituents is 1. The number of hydrogen-bond acceptors (Lipinski definition) is 5. The molecule has 0 bridgehead atoms. The van der Waals surface area contributed by atoms with Gasteiger partial charge < -0.3 is 20.5 Å². The first-order valence-corrected chi connectivity index (χ1v) is 11.7. The highest BCUT2D eigenvalue weighted by atomic mass is 127. The largest absolute Gasteiger partial charge is 0.507 e. The van der Waals surface area contributed by atoms with Crippen LogP contribution in [0.5, 0.6) is 17.2 Å². The van der Waals surface area contributed by atoms with Crippen LogP contribution in [-0.4, -0.2) is 15.8 Å². The maximum absolute atomic E-state index is 11.8. The summed E-state index contributed by atoms with van der Waals surface area (Å²) in [4.78, 5) is 9.64. The van der Waals surface area contributed by atoms with Crippen molar-refractivity contribution in [3.63, 3.8) is 0 Å². The molecule has 6 nitrogen and oxygen atoms in total. The normalized spacial score (nSPS) is 14.8.